The van der Waals surface area contributed by atoms with Gasteiger partial charge in [-0.15, -0.1) is 11.6 Å². The van der Waals surface area contributed by atoms with Crippen molar-refractivity contribution in [1.29, 1.82) is 0 Å². The van der Waals surface area contributed by atoms with Gasteiger partial charge in [-0.25, -0.2) is 0 Å². The van der Waals surface area contributed by atoms with Crippen molar-refractivity contribution < 1.29 is 0 Å². The van der Waals surface area contributed by atoms with Crippen LogP contribution in [0.4, 0.5) is 0 Å². The average Bonchev–Trinajstić information content (AvgIpc) is 1.61. The normalized spacial score (nSPS) is 6.33. The topological polar surface area (TPSA) is 0 Å². The van der Waals surface area contributed by atoms with Crippen LogP contribution in [-0.2, 0) is 0 Å². The molecule has 0 saturated heterocycles. The standard InChI is InChI=1S/C4H5ClS/c1-2-3-6-4-5/h4H2,1H3. The van der Waals surface area contributed by atoms with Crippen molar-refractivity contribution in [2.24, 2.45) is 0 Å². The van der Waals surface area contributed by atoms with Crippen LogP contribution < -0.4 is 0 Å². The van der Waals surface area contributed by atoms with Gasteiger partial charge < -0.3 is 0 Å². The molecule has 0 aromatic carbocycles. The summed E-state index contributed by atoms with van der Waals surface area (Å²) in [5.41, 5.74) is 0. The highest BCUT2D eigenvalue weighted by Gasteiger charge is 1.65. The molecule has 0 aromatic rings. The lowest BCUT2D eigenvalue weighted by molar-refractivity contribution is 1.93. The zero-order valence-electron chi connectivity index (χ0n) is 3.49. The van der Waals surface area contributed by atoms with Gasteiger partial charge in [0.2, 0.25) is 0 Å². The van der Waals surface area contributed by atoms with Crippen LogP contribution in [0.15, 0.2) is 0 Å². The molecule has 0 nitrogen and oxygen atoms in total. The van der Waals surface area contributed by atoms with E-state index in [1.165, 1.54) is 11.8 Å². The van der Waals surface area contributed by atoms with Gasteiger partial charge in [0.25, 0.3) is 0 Å². The van der Waals surface area contributed by atoms with Crippen LogP contribution in [0, 0.1) is 11.2 Å². The SMILES string of the molecule is CC#CSCCl. The Balaban J connectivity index is 2.79. The Morgan fingerprint density at radius 2 is 2.50 bits per heavy atom. The van der Waals surface area contributed by atoms with Gasteiger partial charge in [0, 0.05) is 0 Å². The Hall–Kier alpha value is 0.200. The van der Waals surface area contributed by atoms with E-state index in [4.69, 9.17) is 11.6 Å². The van der Waals surface area contributed by atoms with Gasteiger partial charge in [0.15, 0.2) is 0 Å². The second kappa shape index (κ2) is 5.20. The van der Waals surface area contributed by atoms with E-state index in [0.29, 0.717) is 5.21 Å². The molecule has 0 atom stereocenters. The summed E-state index contributed by atoms with van der Waals surface area (Å²) >= 11 is 6.65. The first-order valence-electron chi connectivity index (χ1n) is 1.51. The Kier molecular flexibility index (Phi) is 5.37. The van der Waals surface area contributed by atoms with Gasteiger partial charge in [0.05, 0.1) is 5.21 Å². The number of hydrogen-bond donors (Lipinski definition) is 0. The third-order valence-corrected chi connectivity index (χ3v) is 1.01. The molecule has 6 heavy (non-hydrogen) atoms. The zero-order chi connectivity index (χ0) is 4.83. The Bertz CT molecular complexity index is 69.4. The first-order valence-corrected chi connectivity index (χ1v) is 3.03. The number of hydrogen-bond acceptors (Lipinski definition) is 1. The number of rotatable bonds is 1. The van der Waals surface area contributed by atoms with E-state index < -0.39 is 0 Å². The van der Waals surface area contributed by atoms with Gasteiger partial charge >= 0.3 is 0 Å². The number of alkyl halides is 1. The summed E-state index contributed by atoms with van der Waals surface area (Å²) in [7, 11) is 0. The van der Waals surface area contributed by atoms with Crippen LogP contribution in [-0.4, -0.2) is 5.21 Å². The summed E-state index contributed by atoms with van der Waals surface area (Å²) in [6, 6.07) is 0. The van der Waals surface area contributed by atoms with Crippen molar-refractivity contribution in [1.82, 2.24) is 0 Å². The van der Waals surface area contributed by atoms with Gasteiger partial charge in [-0.1, -0.05) is 17.7 Å². The van der Waals surface area contributed by atoms with E-state index in [2.05, 4.69) is 11.2 Å². The van der Waals surface area contributed by atoms with E-state index in [9.17, 15) is 0 Å². The molecular formula is C4H5ClS. The highest BCUT2D eigenvalue weighted by Crippen LogP contribution is 1.96. The fraction of sp³-hybridized carbons (Fsp3) is 0.500. The fourth-order valence-electron chi connectivity index (χ4n) is 0.0994. The molecule has 2 heteroatoms. The second-order valence-electron chi connectivity index (χ2n) is 0.606. The first kappa shape index (κ1) is 6.20. The molecule has 34 valence electrons. The molecule has 0 saturated carbocycles. The predicted octanol–water partition coefficient (Wildman–Crippen LogP) is 1.90. The third-order valence-electron chi connectivity index (χ3n) is 0.229. The summed E-state index contributed by atoms with van der Waals surface area (Å²) in [5, 5.41) is 3.30. The van der Waals surface area contributed by atoms with Crippen molar-refractivity contribution in [3.05, 3.63) is 0 Å². The minimum atomic E-state index is 0.570. The highest BCUT2D eigenvalue weighted by molar-refractivity contribution is 8.04. The second-order valence-corrected chi connectivity index (χ2v) is 1.97. The van der Waals surface area contributed by atoms with Gasteiger partial charge in [-0.3, -0.25) is 0 Å². The minimum absolute atomic E-state index is 0.570. The van der Waals surface area contributed by atoms with Crippen LogP contribution >= 0.6 is 23.4 Å². The monoisotopic (exact) mass is 120 g/mol. The highest BCUT2D eigenvalue weighted by atomic mass is 35.5. The molecule has 0 aliphatic carbocycles. The van der Waals surface area contributed by atoms with E-state index >= 15 is 0 Å². The van der Waals surface area contributed by atoms with Crippen LogP contribution in [0.1, 0.15) is 6.92 Å². The molecular weight excluding hydrogens is 116 g/mol. The van der Waals surface area contributed by atoms with Crippen molar-refractivity contribution in [3.8, 4) is 11.2 Å². The van der Waals surface area contributed by atoms with Crippen LogP contribution in [0.3, 0.4) is 0 Å². The Labute approximate surface area is 47.3 Å². The molecule has 0 aromatic heterocycles. The molecule has 0 heterocycles. The average molecular weight is 121 g/mol. The lowest BCUT2D eigenvalue weighted by Gasteiger charge is -1.69. The Morgan fingerprint density at radius 1 is 1.83 bits per heavy atom. The van der Waals surface area contributed by atoms with Crippen LogP contribution in [0.5, 0.6) is 0 Å². The molecule has 0 radical (unpaired) electrons. The lowest BCUT2D eigenvalue weighted by atomic mass is 10.9. The number of thioether (sulfide) groups is 1. The fourth-order valence-corrected chi connectivity index (χ4v) is 0.462. The van der Waals surface area contributed by atoms with E-state index in [-0.39, 0.29) is 0 Å². The largest absolute Gasteiger partial charge is 0.114 e. The summed E-state index contributed by atoms with van der Waals surface area (Å²) < 4.78 is 0. The van der Waals surface area contributed by atoms with Gasteiger partial charge in [-0.2, -0.15) is 0 Å². The van der Waals surface area contributed by atoms with Gasteiger partial charge in [-0.05, 0) is 12.2 Å². The van der Waals surface area contributed by atoms with Crippen molar-refractivity contribution in [3.63, 3.8) is 0 Å². The minimum Gasteiger partial charge on any atom is -0.114 e. The molecule has 0 amide bonds. The molecule has 0 unspecified atom stereocenters. The maximum absolute atomic E-state index is 5.24. The summed E-state index contributed by atoms with van der Waals surface area (Å²) in [6.45, 7) is 1.79. The molecule has 0 bridgehead atoms. The van der Waals surface area contributed by atoms with E-state index in [1.54, 1.807) is 6.92 Å². The van der Waals surface area contributed by atoms with Crippen molar-refractivity contribution >= 4 is 23.4 Å². The smallest absolute Gasteiger partial charge is 0.0803 e. The van der Waals surface area contributed by atoms with Crippen LogP contribution in [0.2, 0.25) is 0 Å². The summed E-state index contributed by atoms with van der Waals surface area (Å²) in [6.07, 6.45) is 0. The molecule has 0 spiro atoms. The van der Waals surface area contributed by atoms with Crippen molar-refractivity contribution in [2.75, 3.05) is 5.21 Å². The summed E-state index contributed by atoms with van der Waals surface area (Å²) in [5.74, 6) is 2.70. The maximum Gasteiger partial charge on any atom is 0.0803 e. The van der Waals surface area contributed by atoms with Crippen LogP contribution in [0.25, 0.3) is 0 Å². The number of halogens is 1. The molecule has 0 rings (SSSR count). The first-order chi connectivity index (χ1) is 2.91. The molecule has 0 N–H and O–H groups in total. The van der Waals surface area contributed by atoms with E-state index in [1.807, 2.05) is 0 Å². The maximum atomic E-state index is 5.24. The van der Waals surface area contributed by atoms with Crippen molar-refractivity contribution in [2.45, 2.75) is 6.92 Å². The predicted molar refractivity (Wildman–Crippen MR) is 31.8 cm³/mol. The zero-order valence-corrected chi connectivity index (χ0v) is 5.07. The lowest BCUT2D eigenvalue weighted by Crippen LogP contribution is -1.48. The third kappa shape index (κ3) is 4.20. The Morgan fingerprint density at radius 3 is 2.67 bits per heavy atom. The summed E-state index contributed by atoms with van der Waals surface area (Å²) in [4.78, 5) is 0. The van der Waals surface area contributed by atoms with E-state index in [0.717, 1.165) is 0 Å². The van der Waals surface area contributed by atoms with Gasteiger partial charge in [0.1, 0.15) is 0 Å². The molecule has 0 fully saturated rings. The molecule has 0 aliphatic rings. The molecule has 0 aliphatic heterocycles. The quantitative estimate of drug-likeness (QED) is 0.376.